The SMILES string of the molecule is Cc1ncsc1CCS(=O)(=O)N(C)CC(C)C(=O)O. The molecule has 1 aromatic heterocycles. The number of rotatable bonds is 7. The molecular formula is C11H18N2O4S2. The van der Waals surface area contributed by atoms with Gasteiger partial charge in [0, 0.05) is 18.5 Å². The van der Waals surface area contributed by atoms with Gasteiger partial charge < -0.3 is 5.11 Å². The predicted octanol–water partition coefficient (Wildman–Crippen LogP) is 0.976. The zero-order valence-corrected chi connectivity index (χ0v) is 12.8. The van der Waals surface area contributed by atoms with Crippen molar-refractivity contribution in [2.75, 3.05) is 19.3 Å². The van der Waals surface area contributed by atoms with E-state index in [0.717, 1.165) is 14.9 Å². The molecule has 108 valence electrons. The third-order valence-electron chi connectivity index (χ3n) is 2.86. The van der Waals surface area contributed by atoms with Crippen molar-refractivity contribution in [1.29, 1.82) is 0 Å². The van der Waals surface area contributed by atoms with Crippen LogP contribution in [0.25, 0.3) is 0 Å². The first-order valence-corrected chi connectivity index (χ1v) is 8.28. The fourth-order valence-corrected chi connectivity index (χ4v) is 3.66. The number of aliphatic carboxylic acids is 1. The Labute approximate surface area is 117 Å². The molecule has 1 N–H and O–H groups in total. The largest absolute Gasteiger partial charge is 0.481 e. The molecule has 0 aliphatic carbocycles. The average Bonchev–Trinajstić information content (AvgIpc) is 2.72. The fourth-order valence-electron chi connectivity index (χ4n) is 1.52. The Morgan fingerprint density at radius 2 is 2.21 bits per heavy atom. The van der Waals surface area contributed by atoms with E-state index in [-0.39, 0.29) is 12.3 Å². The minimum atomic E-state index is -3.43. The smallest absolute Gasteiger partial charge is 0.307 e. The third-order valence-corrected chi connectivity index (χ3v) is 5.67. The number of hydrogen-bond acceptors (Lipinski definition) is 5. The number of carboxylic acids is 1. The molecule has 8 heteroatoms. The first-order chi connectivity index (χ1) is 8.74. The predicted molar refractivity (Wildman–Crippen MR) is 73.8 cm³/mol. The average molecular weight is 306 g/mol. The van der Waals surface area contributed by atoms with Crippen LogP contribution in [-0.2, 0) is 21.2 Å². The van der Waals surface area contributed by atoms with Crippen molar-refractivity contribution in [3.8, 4) is 0 Å². The Kier molecular flexibility index (Phi) is 5.45. The van der Waals surface area contributed by atoms with Gasteiger partial charge in [-0.05, 0) is 13.3 Å². The Balaban J connectivity index is 2.60. The second kappa shape index (κ2) is 6.44. The maximum absolute atomic E-state index is 12.0. The van der Waals surface area contributed by atoms with E-state index in [0.29, 0.717) is 6.42 Å². The standard InChI is InChI=1S/C11H18N2O4S2/c1-8(11(14)15)6-13(3)19(16,17)5-4-10-9(2)12-7-18-10/h7-8H,4-6H2,1-3H3,(H,14,15). The number of aryl methyl sites for hydroxylation is 2. The zero-order valence-electron chi connectivity index (χ0n) is 11.2. The van der Waals surface area contributed by atoms with Crippen LogP contribution >= 0.6 is 11.3 Å². The molecule has 0 aromatic carbocycles. The van der Waals surface area contributed by atoms with Crippen molar-refractivity contribution in [3.05, 3.63) is 16.1 Å². The second-order valence-electron chi connectivity index (χ2n) is 4.45. The van der Waals surface area contributed by atoms with Gasteiger partial charge in [0.1, 0.15) is 0 Å². The lowest BCUT2D eigenvalue weighted by molar-refractivity contribution is -0.141. The van der Waals surface area contributed by atoms with Crippen molar-refractivity contribution in [3.63, 3.8) is 0 Å². The summed E-state index contributed by atoms with van der Waals surface area (Å²) < 4.78 is 25.1. The number of carbonyl (C=O) groups is 1. The Morgan fingerprint density at radius 3 is 2.68 bits per heavy atom. The fraction of sp³-hybridized carbons (Fsp3) is 0.636. The number of sulfonamides is 1. The number of nitrogens with zero attached hydrogens (tertiary/aromatic N) is 2. The molecule has 1 unspecified atom stereocenters. The van der Waals surface area contributed by atoms with Crippen LogP contribution in [0.15, 0.2) is 5.51 Å². The van der Waals surface area contributed by atoms with E-state index in [2.05, 4.69) is 4.98 Å². The van der Waals surface area contributed by atoms with Crippen molar-refractivity contribution in [1.82, 2.24) is 9.29 Å². The Bertz CT molecular complexity index is 539. The topological polar surface area (TPSA) is 87.6 Å². The van der Waals surface area contributed by atoms with Gasteiger partial charge in [-0.2, -0.15) is 0 Å². The molecule has 0 saturated carbocycles. The van der Waals surface area contributed by atoms with Gasteiger partial charge in [0.05, 0.1) is 22.9 Å². The van der Waals surface area contributed by atoms with Crippen LogP contribution in [0.2, 0.25) is 0 Å². The van der Waals surface area contributed by atoms with Crippen molar-refractivity contribution < 1.29 is 18.3 Å². The molecule has 0 spiro atoms. The van der Waals surface area contributed by atoms with E-state index in [1.807, 2.05) is 6.92 Å². The van der Waals surface area contributed by atoms with Gasteiger partial charge in [0.2, 0.25) is 10.0 Å². The first kappa shape index (κ1) is 16.1. The first-order valence-electron chi connectivity index (χ1n) is 5.80. The molecule has 0 saturated heterocycles. The molecule has 1 heterocycles. The van der Waals surface area contributed by atoms with Crippen LogP contribution in [0.1, 0.15) is 17.5 Å². The molecule has 19 heavy (non-hydrogen) atoms. The number of aromatic nitrogens is 1. The highest BCUT2D eigenvalue weighted by molar-refractivity contribution is 7.89. The molecule has 0 aliphatic rings. The molecule has 0 amide bonds. The maximum atomic E-state index is 12.0. The van der Waals surface area contributed by atoms with E-state index in [1.54, 1.807) is 5.51 Å². The molecule has 1 aromatic rings. The van der Waals surface area contributed by atoms with Gasteiger partial charge in [0.25, 0.3) is 0 Å². The van der Waals surface area contributed by atoms with E-state index in [1.165, 1.54) is 25.3 Å². The summed E-state index contributed by atoms with van der Waals surface area (Å²) in [5.74, 6) is -1.75. The molecule has 6 nitrogen and oxygen atoms in total. The van der Waals surface area contributed by atoms with Crippen molar-refractivity contribution >= 4 is 27.3 Å². The van der Waals surface area contributed by atoms with Crippen molar-refractivity contribution in [2.24, 2.45) is 5.92 Å². The van der Waals surface area contributed by atoms with Gasteiger partial charge in [-0.25, -0.2) is 17.7 Å². The van der Waals surface area contributed by atoms with Gasteiger partial charge in [-0.1, -0.05) is 6.92 Å². The van der Waals surface area contributed by atoms with Crippen LogP contribution < -0.4 is 0 Å². The summed E-state index contributed by atoms with van der Waals surface area (Å²) in [4.78, 5) is 15.7. The molecule has 0 bridgehead atoms. The van der Waals surface area contributed by atoms with Gasteiger partial charge in [-0.15, -0.1) is 11.3 Å². The molecule has 0 fully saturated rings. The number of hydrogen-bond donors (Lipinski definition) is 1. The molecular weight excluding hydrogens is 288 g/mol. The summed E-state index contributed by atoms with van der Waals surface area (Å²) in [6.07, 6.45) is 0.407. The van der Waals surface area contributed by atoms with Gasteiger partial charge in [0.15, 0.2) is 0 Å². The quantitative estimate of drug-likeness (QED) is 0.811. The van der Waals surface area contributed by atoms with Crippen LogP contribution in [-0.4, -0.2) is 48.1 Å². The molecule has 0 radical (unpaired) electrons. The summed E-state index contributed by atoms with van der Waals surface area (Å²) in [6, 6.07) is 0. The van der Waals surface area contributed by atoms with Gasteiger partial charge in [-0.3, -0.25) is 4.79 Å². The monoisotopic (exact) mass is 306 g/mol. The summed E-state index contributed by atoms with van der Waals surface area (Å²) in [7, 11) is -2.02. The lowest BCUT2D eigenvalue weighted by Crippen LogP contribution is -2.35. The van der Waals surface area contributed by atoms with Crippen LogP contribution in [0.3, 0.4) is 0 Å². The van der Waals surface area contributed by atoms with E-state index >= 15 is 0 Å². The Hall–Kier alpha value is -0.990. The Morgan fingerprint density at radius 1 is 1.58 bits per heavy atom. The van der Waals surface area contributed by atoms with Crippen molar-refractivity contribution in [2.45, 2.75) is 20.3 Å². The van der Waals surface area contributed by atoms with Crippen LogP contribution in [0.4, 0.5) is 0 Å². The molecule has 1 rings (SSSR count). The van der Waals surface area contributed by atoms with Gasteiger partial charge >= 0.3 is 5.97 Å². The highest BCUT2D eigenvalue weighted by atomic mass is 32.2. The summed E-state index contributed by atoms with van der Waals surface area (Å²) in [5, 5.41) is 8.79. The highest BCUT2D eigenvalue weighted by Crippen LogP contribution is 2.15. The highest BCUT2D eigenvalue weighted by Gasteiger charge is 2.23. The van der Waals surface area contributed by atoms with E-state index < -0.39 is 21.9 Å². The lowest BCUT2D eigenvalue weighted by atomic mass is 10.2. The minimum absolute atomic E-state index is 0.0145. The minimum Gasteiger partial charge on any atom is -0.481 e. The zero-order chi connectivity index (χ0) is 14.6. The molecule has 1 atom stereocenters. The maximum Gasteiger partial charge on any atom is 0.307 e. The molecule has 0 aliphatic heterocycles. The normalized spacial score (nSPS) is 13.7. The number of carboxylic acid groups (broad SMARTS) is 1. The van der Waals surface area contributed by atoms with Crippen LogP contribution in [0.5, 0.6) is 0 Å². The lowest BCUT2D eigenvalue weighted by Gasteiger charge is -2.19. The number of thiazole rings is 1. The van der Waals surface area contributed by atoms with E-state index in [4.69, 9.17) is 5.11 Å². The summed E-state index contributed by atoms with van der Waals surface area (Å²) >= 11 is 1.43. The second-order valence-corrected chi connectivity index (χ2v) is 7.58. The van der Waals surface area contributed by atoms with E-state index in [9.17, 15) is 13.2 Å². The van der Waals surface area contributed by atoms with Crippen LogP contribution in [0, 0.1) is 12.8 Å². The summed E-state index contributed by atoms with van der Waals surface area (Å²) in [5.41, 5.74) is 2.54. The third kappa shape index (κ3) is 4.55. The summed E-state index contributed by atoms with van der Waals surface area (Å²) in [6.45, 7) is 3.32.